The van der Waals surface area contributed by atoms with Gasteiger partial charge in [0, 0.05) is 51.6 Å². The molecule has 24 heavy (non-hydrogen) atoms. The summed E-state index contributed by atoms with van der Waals surface area (Å²) in [7, 11) is 0. The lowest BCUT2D eigenvalue weighted by Crippen LogP contribution is -2.61. The third-order valence-electron chi connectivity index (χ3n) is 4.29. The highest BCUT2D eigenvalue weighted by Crippen LogP contribution is 2.14. The van der Waals surface area contributed by atoms with Crippen LogP contribution in [0.25, 0.3) is 0 Å². The Morgan fingerprint density at radius 1 is 1.33 bits per heavy atom. The lowest BCUT2D eigenvalue weighted by Gasteiger charge is -2.39. The molecule has 1 atom stereocenters. The predicted octanol–water partition coefficient (Wildman–Crippen LogP) is -0.0802. The normalized spacial score (nSPS) is 21.8. The van der Waals surface area contributed by atoms with Crippen molar-refractivity contribution in [2.24, 2.45) is 0 Å². The summed E-state index contributed by atoms with van der Waals surface area (Å²) in [6, 6.07) is 1.14. The molecule has 1 aromatic rings. The van der Waals surface area contributed by atoms with Gasteiger partial charge in [-0.05, 0) is 0 Å². The molecule has 2 saturated heterocycles. The number of nitrogens with one attached hydrogen (secondary N) is 1. The Bertz CT molecular complexity index is 588. The van der Waals surface area contributed by atoms with Crippen molar-refractivity contribution < 1.29 is 18.8 Å². The van der Waals surface area contributed by atoms with Crippen molar-refractivity contribution in [3.05, 3.63) is 17.0 Å². The minimum atomic E-state index is -0.456. The fourth-order valence-electron chi connectivity index (χ4n) is 3.00. The molecule has 3 heterocycles. The van der Waals surface area contributed by atoms with Crippen LogP contribution in [0, 0.1) is 0 Å². The summed E-state index contributed by atoms with van der Waals surface area (Å²) in [5, 5.41) is 7.07. The molecule has 2 amide bonds. The molecule has 0 radical (unpaired) electrons. The van der Waals surface area contributed by atoms with Crippen molar-refractivity contribution >= 4 is 23.4 Å². The van der Waals surface area contributed by atoms with Gasteiger partial charge in [-0.1, -0.05) is 16.8 Å². The molecule has 2 aliphatic rings. The summed E-state index contributed by atoms with van der Waals surface area (Å²) in [5.41, 5.74) is 0. The average Bonchev–Trinajstić information content (AvgIpc) is 3.05. The van der Waals surface area contributed by atoms with Gasteiger partial charge in [0.2, 0.25) is 11.8 Å². The predicted molar refractivity (Wildman–Crippen MR) is 85.6 cm³/mol. The second-order valence-electron chi connectivity index (χ2n) is 5.86. The van der Waals surface area contributed by atoms with Gasteiger partial charge in [-0.15, -0.1) is 0 Å². The summed E-state index contributed by atoms with van der Waals surface area (Å²) >= 11 is 5.71. The van der Waals surface area contributed by atoms with E-state index >= 15 is 0 Å². The number of carbonyl (C=O) groups excluding carboxylic acids is 2. The number of piperazine rings is 1. The molecule has 0 bridgehead atoms. The highest BCUT2D eigenvalue weighted by atomic mass is 35.5. The molecule has 3 rings (SSSR count). The number of aryl methyl sites for hydroxylation is 1. The van der Waals surface area contributed by atoms with Crippen LogP contribution in [-0.2, 0) is 20.7 Å². The summed E-state index contributed by atoms with van der Waals surface area (Å²) in [6.45, 7) is 3.94. The maximum absolute atomic E-state index is 12.7. The summed E-state index contributed by atoms with van der Waals surface area (Å²) < 4.78 is 10.3. The highest BCUT2D eigenvalue weighted by molar-refractivity contribution is 6.29. The maximum Gasteiger partial charge on any atom is 0.246 e. The molecule has 1 aromatic heterocycles. The van der Waals surface area contributed by atoms with E-state index in [4.69, 9.17) is 20.9 Å². The van der Waals surface area contributed by atoms with Crippen molar-refractivity contribution in [1.29, 1.82) is 0 Å². The minimum Gasteiger partial charge on any atom is -0.378 e. The quantitative estimate of drug-likeness (QED) is 0.812. The first-order valence-corrected chi connectivity index (χ1v) is 8.51. The van der Waals surface area contributed by atoms with Crippen LogP contribution >= 0.6 is 11.6 Å². The van der Waals surface area contributed by atoms with Crippen LogP contribution < -0.4 is 5.32 Å². The topological polar surface area (TPSA) is 87.9 Å². The zero-order valence-corrected chi connectivity index (χ0v) is 14.1. The molecule has 0 saturated carbocycles. The van der Waals surface area contributed by atoms with Gasteiger partial charge in [-0.2, -0.15) is 0 Å². The summed E-state index contributed by atoms with van der Waals surface area (Å²) in [6.07, 6.45) is 0.680. The van der Waals surface area contributed by atoms with E-state index in [-0.39, 0.29) is 23.4 Å². The SMILES string of the molecule is O=C([C@H]1CNCCN1C(=O)CCc1cc(Cl)no1)N1CCOCC1. The zero-order chi connectivity index (χ0) is 16.9. The number of hydrogen-bond donors (Lipinski definition) is 1. The maximum atomic E-state index is 12.7. The van der Waals surface area contributed by atoms with E-state index in [9.17, 15) is 9.59 Å². The Morgan fingerprint density at radius 2 is 2.12 bits per heavy atom. The monoisotopic (exact) mass is 356 g/mol. The number of amides is 2. The number of nitrogens with zero attached hydrogens (tertiary/aromatic N) is 3. The van der Waals surface area contributed by atoms with Crippen molar-refractivity contribution in [3.63, 3.8) is 0 Å². The molecule has 1 N–H and O–H groups in total. The van der Waals surface area contributed by atoms with E-state index in [1.54, 1.807) is 15.9 Å². The Hall–Kier alpha value is -1.64. The van der Waals surface area contributed by atoms with E-state index in [0.717, 1.165) is 0 Å². The molecule has 9 heteroatoms. The minimum absolute atomic E-state index is 0.0124. The van der Waals surface area contributed by atoms with Crippen LogP contribution in [0.1, 0.15) is 12.2 Å². The van der Waals surface area contributed by atoms with Gasteiger partial charge in [0.1, 0.15) is 11.8 Å². The first kappa shape index (κ1) is 17.2. The zero-order valence-electron chi connectivity index (χ0n) is 13.4. The molecule has 0 unspecified atom stereocenters. The highest BCUT2D eigenvalue weighted by Gasteiger charge is 2.35. The van der Waals surface area contributed by atoms with Gasteiger partial charge >= 0.3 is 0 Å². The number of rotatable bonds is 4. The van der Waals surface area contributed by atoms with Gasteiger partial charge in [0.25, 0.3) is 0 Å². The Labute approximate surface area is 145 Å². The van der Waals surface area contributed by atoms with Gasteiger partial charge in [-0.3, -0.25) is 9.59 Å². The Balaban J connectivity index is 1.60. The van der Waals surface area contributed by atoms with Crippen LogP contribution in [0.15, 0.2) is 10.6 Å². The van der Waals surface area contributed by atoms with Gasteiger partial charge in [0.05, 0.1) is 13.2 Å². The third kappa shape index (κ3) is 4.06. The fourth-order valence-corrected chi connectivity index (χ4v) is 3.15. The average molecular weight is 357 g/mol. The molecule has 132 valence electrons. The number of carbonyl (C=O) groups is 2. The van der Waals surface area contributed by atoms with Crippen molar-refractivity contribution in [2.75, 3.05) is 45.9 Å². The van der Waals surface area contributed by atoms with E-state index in [2.05, 4.69) is 10.5 Å². The van der Waals surface area contributed by atoms with E-state index in [1.807, 2.05) is 0 Å². The van der Waals surface area contributed by atoms with Crippen LogP contribution in [0.5, 0.6) is 0 Å². The van der Waals surface area contributed by atoms with E-state index < -0.39 is 6.04 Å². The largest absolute Gasteiger partial charge is 0.378 e. The Kier molecular flexibility index (Phi) is 5.70. The lowest BCUT2D eigenvalue weighted by molar-refractivity contribution is -0.149. The van der Waals surface area contributed by atoms with Gasteiger partial charge in [-0.25, -0.2) is 0 Å². The van der Waals surface area contributed by atoms with Crippen LogP contribution in [-0.4, -0.2) is 78.8 Å². The van der Waals surface area contributed by atoms with Crippen LogP contribution in [0.4, 0.5) is 0 Å². The molecule has 0 aromatic carbocycles. The fraction of sp³-hybridized carbons (Fsp3) is 0.667. The van der Waals surface area contributed by atoms with Crippen molar-refractivity contribution in [2.45, 2.75) is 18.9 Å². The molecule has 8 nitrogen and oxygen atoms in total. The van der Waals surface area contributed by atoms with Crippen LogP contribution in [0.3, 0.4) is 0 Å². The van der Waals surface area contributed by atoms with Crippen LogP contribution in [0.2, 0.25) is 5.15 Å². The first-order chi connectivity index (χ1) is 11.6. The number of morpholine rings is 1. The lowest BCUT2D eigenvalue weighted by atomic mass is 10.1. The number of hydrogen-bond acceptors (Lipinski definition) is 6. The van der Waals surface area contributed by atoms with Gasteiger partial charge < -0.3 is 24.4 Å². The van der Waals surface area contributed by atoms with Crippen molar-refractivity contribution in [3.8, 4) is 0 Å². The number of aromatic nitrogens is 1. The smallest absolute Gasteiger partial charge is 0.246 e. The Morgan fingerprint density at radius 3 is 2.83 bits per heavy atom. The molecule has 0 aliphatic carbocycles. The molecule has 2 fully saturated rings. The standard InChI is InChI=1S/C15H21ClN4O4/c16-13-9-11(24-18-13)1-2-14(21)20-4-3-17-10-12(20)15(22)19-5-7-23-8-6-19/h9,12,17H,1-8,10H2/t12-/m1/s1. The summed E-state index contributed by atoms with van der Waals surface area (Å²) in [4.78, 5) is 28.8. The molecule has 0 spiro atoms. The third-order valence-corrected chi connectivity index (χ3v) is 4.47. The molecular formula is C15H21ClN4O4. The summed E-state index contributed by atoms with van der Waals surface area (Å²) in [5.74, 6) is 0.497. The molecular weight excluding hydrogens is 336 g/mol. The number of ether oxygens (including phenoxy) is 1. The number of halogens is 1. The van der Waals surface area contributed by atoms with Gasteiger partial charge in [0.15, 0.2) is 5.15 Å². The first-order valence-electron chi connectivity index (χ1n) is 8.13. The van der Waals surface area contributed by atoms with Crippen molar-refractivity contribution in [1.82, 2.24) is 20.3 Å². The van der Waals surface area contributed by atoms with E-state index in [1.165, 1.54) is 0 Å². The van der Waals surface area contributed by atoms with E-state index in [0.29, 0.717) is 58.1 Å². The second kappa shape index (κ2) is 7.96. The second-order valence-corrected chi connectivity index (χ2v) is 6.25. The molecule has 2 aliphatic heterocycles.